The van der Waals surface area contributed by atoms with Crippen molar-refractivity contribution < 1.29 is 14.0 Å². The second-order valence-electron chi connectivity index (χ2n) is 5.48. The van der Waals surface area contributed by atoms with Crippen molar-refractivity contribution in [2.24, 2.45) is 12.1 Å². The number of carbonyl (C=O) groups excluding carboxylic acids is 2. The van der Waals surface area contributed by atoms with Crippen LogP contribution < -0.4 is 5.32 Å². The molecule has 3 rings (SSSR count). The van der Waals surface area contributed by atoms with E-state index in [-0.39, 0.29) is 29.8 Å². The molecular formula is C16H16FN5O2. The van der Waals surface area contributed by atoms with Gasteiger partial charge in [-0.05, 0) is 24.3 Å². The topological polar surface area (TPSA) is 79.6 Å². The number of nitrogens with one attached hydrogen (secondary N) is 1. The molecule has 2 aromatic rings. The fraction of sp³-hybridized carbons (Fsp3) is 0.250. The van der Waals surface area contributed by atoms with E-state index in [1.165, 1.54) is 24.2 Å². The Morgan fingerprint density at radius 1 is 1.21 bits per heavy atom. The van der Waals surface area contributed by atoms with E-state index in [2.05, 4.69) is 15.4 Å². The molecule has 7 nitrogen and oxygen atoms in total. The number of hydrogen-bond donors (Lipinski definition) is 1. The Bertz CT molecular complexity index is 825. The molecular weight excluding hydrogens is 313 g/mol. The quantitative estimate of drug-likeness (QED) is 0.932. The molecule has 0 unspecified atom stereocenters. The zero-order chi connectivity index (χ0) is 17.3. The first-order valence-electron chi connectivity index (χ1n) is 7.38. The molecule has 124 valence electrons. The number of halogens is 1. The maximum atomic E-state index is 13.1. The number of amides is 2. The van der Waals surface area contributed by atoms with Gasteiger partial charge in [0.2, 0.25) is 5.91 Å². The fourth-order valence-corrected chi connectivity index (χ4v) is 2.41. The summed E-state index contributed by atoms with van der Waals surface area (Å²) in [6.07, 6.45) is 2.10. The van der Waals surface area contributed by atoms with Gasteiger partial charge >= 0.3 is 0 Å². The van der Waals surface area contributed by atoms with E-state index in [1.54, 1.807) is 30.1 Å². The highest BCUT2D eigenvalue weighted by molar-refractivity contribution is 6.43. The van der Waals surface area contributed by atoms with Crippen molar-refractivity contribution in [1.29, 1.82) is 0 Å². The largest absolute Gasteiger partial charge is 0.320 e. The predicted octanol–water partition coefficient (Wildman–Crippen LogP) is 1.77. The number of anilines is 1. The van der Waals surface area contributed by atoms with Gasteiger partial charge in [-0.3, -0.25) is 9.59 Å². The van der Waals surface area contributed by atoms with Gasteiger partial charge < -0.3 is 9.88 Å². The molecule has 0 aliphatic carbocycles. The molecule has 1 aliphatic rings. The third-order valence-electron chi connectivity index (χ3n) is 3.76. The van der Waals surface area contributed by atoms with Crippen LogP contribution in [0.2, 0.25) is 0 Å². The Morgan fingerprint density at radius 3 is 2.58 bits per heavy atom. The van der Waals surface area contributed by atoms with Crippen LogP contribution in [0, 0.1) is 5.82 Å². The van der Waals surface area contributed by atoms with Crippen LogP contribution in [0.15, 0.2) is 35.7 Å². The number of imidazole rings is 1. The van der Waals surface area contributed by atoms with Crippen molar-refractivity contribution in [3.8, 4) is 11.3 Å². The van der Waals surface area contributed by atoms with Gasteiger partial charge in [-0.2, -0.15) is 5.10 Å². The summed E-state index contributed by atoms with van der Waals surface area (Å²) in [6.45, 7) is 0. The molecule has 0 saturated heterocycles. The lowest BCUT2D eigenvalue weighted by Crippen LogP contribution is -2.34. The van der Waals surface area contributed by atoms with Gasteiger partial charge in [0, 0.05) is 32.5 Å². The van der Waals surface area contributed by atoms with Gasteiger partial charge in [-0.1, -0.05) is 0 Å². The molecule has 1 aromatic heterocycles. The summed E-state index contributed by atoms with van der Waals surface area (Å²) in [6, 6.07) is 5.86. The first kappa shape index (κ1) is 15.9. The molecule has 0 atom stereocenters. The minimum absolute atomic E-state index is 0.126. The summed E-state index contributed by atoms with van der Waals surface area (Å²) in [5.74, 6) is -0.376. The molecule has 0 saturated carbocycles. The summed E-state index contributed by atoms with van der Waals surface area (Å²) in [4.78, 5) is 28.1. The van der Waals surface area contributed by atoms with Crippen molar-refractivity contribution >= 4 is 23.3 Å². The molecule has 0 spiro atoms. The van der Waals surface area contributed by atoms with Crippen LogP contribution in [0.1, 0.15) is 12.8 Å². The highest BCUT2D eigenvalue weighted by Gasteiger charge is 2.23. The van der Waals surface area contributed by atoms with Crippen molar-refractivity contribution in [3.05, 3.63) is 36.4 Å². The molecule has 8 heteroatoms. The number of aryl methyl sites for hydroxylation is 1. The third kappa shape index (κ3) is 3.03. The van der Waals surface area contributed by atoms with Crippen LogP contribution in [0.3, 0.4) is 0 Å². The Balaban J connectivity index is 1.87. The first-order valence-corrected chi connectivity index (χ1v) is 7.38. The third-order valence-corrected chi connectivity index (χ3v) is 3.76. The first-order chi connectivity index (χ1) is 11.5. The smallest absolute Gasteiger partial charge is 0.273 e. The molecule has 2 heterocycles. The zero-order valence-electron chi connectivity index (χ0n) is 13.3. The monoisotopic (exact) mass is 329 g/mol. The summed E-state index contributed by atoms with van der Waals surface area (Å²) in [5.41, 5.74) is 1.50. The van der Waals surface area contributed by atoms with E-state index in [1.807, 2.05) is 0 Å². The number of hydrazone groups is 1. The molecule has 0 fully saturated rings. The van der Waals surface area contributed by atoms with Crippen LogP contribution in [0.5, 0.6) is 0 Å². The summed E-state index contributed by atoms with van der Waals surface area (Å²) >= 11 is 0. The van der Waals surface area contributed by atoms with Crippen molar-refractivity contribution in [1.82, 2.24) is 14.6 Å². The maximum Gasteiger partial charge on any atom is 0.273 e. The highest BCUT2D eigenvalue weighted by atomic mass is 19.1. The van der Waals surface area contributed by atoms with E-state index >= 15 is 0 Å². The van der Waals surface area contributed by atoms with E-state index in [4.69, 9.17) is 0 Å². The molecule has 24 heavy (non-hydrogen) atoms. The van der Waals surface area contributed by atoms with Crippen LogP contribution in [-0.2, 0) is 16.6 Å². The van der Waals surface area contributed by atoms with E-state index in [9.17, 15) is 14.0 Å². The Hall–Kier alpha value is -3.03. The van der Waals surface area contributed by atoms with Gasteiger partial charge in [-0.25, -0.2) is 14.4 Å². The van der Waals surface area contributed by atoms with Crippen LogP contribution in [0.25, 0.3) is 11.3 Å². The minimum atomic E-state index is -0.388. The lowest BCUT2D eigenvalue weighted by atomic mass is 10.1. The number of benzene rings is 1. The van der Waals surface area contributed by atoms with Gasteiger partial charge in [0.1, 0.15) is 23.0 Å². The summed E-state index contributed by atoms with van der Waals surface area (Å²) in [5, 5.41) is 7.94. The molecule has 0 bridgehead atoms. The standard InChI is InChI=1S/C16H16FN5O2/c1-21-9-18-14(10-3-5-11(17)6-4-10)15(21)19-16(24)12-7-8-13(23)22(2)20-12/h3-6,9H,7-8H2,1-2H3,(H,19,24). The van der Waals surface area contributed by atoms with Crippen LogP contribution >= 0.6 is 0 Å². The second kappa shape index (κ2) is 6.23. The Kier molecular flexibility index (Phi) is 4.11. The van der Waals surface area contributed by atoms with Gasteiger partial charge in [0.05, 0.1) is 6.33 Å². The Labute approximate surface area is 137 Å². The van der Waals surface area contributed by atoms with Crippen LogP contribution in [0.4, 0.5) is 10.2 Å². The number of carbonyl (C=O) groups is 2. The predicted molar refractivity (Wildman–Crippen MR) is 86.7 cm³/mol. The number of hydrogen-bond acceptors (Lipinski definition) is 4. The van der Waals surface area contributed by atoms with Gasteiger partial charge in [0.15, 0.2) is 0 Å². The minimum Gasteiger partial charge on any atom is -0.320 e. The van der Waals surface area contributed by atoms with Crippen molar-refractivity contribution in [2.45, 2.75) is 12.8 Å². The average Bonchev–Trinajstić information content (AvgIpc) is 2.92. The number of rotatable bonds is 3. The van der Waals surface area contributed by atoms with Crippen LogP contribution in [-0.4, -0.2) is 39.1 Å². The van der Waals surface area contributed by atoms with E-state index in [0.717, 1.165) is 0 Å². The van der Waals surface area contributed by atoms with Crippen molar-refractivity contribution in [2.75, 3.05) is 12.4 Å². The highest BCUT2D eigenvalue weighted by Crippen LogP contribution is 2.26. The molecule has 2 amide bonds. The van der Waals surface area contributed by atoms with Gasteiger partial charge in [0.25, 0.3) is 5.91 Å². The van der Waals surface area contributed by atoms with E-state index < -0.39 is 0 Å². The summed E-state index contributed by atoms with van der Waals surface area (Å²) in [7, 11) is 3.26. The SMILES string of the molecule is CN1N=C(C(=O)Nc2c(-c3ccc(F)cc3)ncn2C)CCC1=O. The maximum absolute atomic E-state index is 13.1. The lowest BCUT2D eigenvalue weighted by Gasteiger charge is -2.19. The summed E-state index contributed by atoms with van der Waals surface area (Å²) < 4.78 is 14.7. The van der Waals surface area contributed by atoms with E-state index in [0.29, 0.717) is 23.5 Å². The molecule has 1 aromatic carbocycles. The molecule has 1 aliphatic heterocycles. The number of nitrogens with zero attached hydrogens (tertiary/aromatic N) is 4. The fourth-order valence-electron chi connectivity index (χ4n) is 2.41. The Morgan fingerprint density at radius 2 is 1.92 bits per heavy atom. The molecule has 0 radical (unpaired) electrons. The average molecular weight is 329 g/mol. The zero-order valence-corrected chi connectivity index (χ0v) is 13.3. The molecule has 1 N–H and O–H groups in total. The second-order valence-corrected chi connectivity index (χ2v) is 5.48. The normalized spacial score (nSPS) is 14.5. The van der Waals surface area contributed by atoms with Crippen molar-refractivity contribution in [3.63, 3.8) is 0 Å². The number of aromatic nitrogens is 2. The lowest BCUT2D eigenvalue weighted by molar-refractivity contribution is -0.130. The van der Waals surface area contributed by atoms with Gasteiger partial charge in [-0.15, -0.1) is 0 Å².